The molecule has 2 rings (SSSR count). The lowest BCUT2D eigenvalue weighted by molar-refractivity contribution is -0.138. The van der Waals surface area contributed by atoms with Crippen molar-refractivity contribution in [3.8, 4) is 0 Å². The molecular formula is C13H15ClFNO2S. The van der Waals surface area contributed by atoms with Gasteiger partial charge in [-0.3, -0.25) is 9.69 Å². The highest BCUT2D eigenvalue weighted by molar-refractivity contribution is 7.99. The number of benzene rings is 1. The maximum atomic E-state index is 13.0. The fourth-order valence-corrected chi connectivity index (χ4v) is 3.51. The van der Waals surface area contributed by atoms with Crippen molar-refractivity contribution < 1.29 is 14.3 Å². The summed E-state index contributed by atoms with van der Waals surface area (Å²) in [5.74, 6) is 0.646. The topological polar surface area (TPSA) is 40.5 Å². The van der Waals surface area contributed by atoms with Crippen LogP contribution in [-0.4, -0.2) is 40.1 Å². The van der Waals surface area contributed by atoms with Gasteiger partial charge in [0.15, 0.2) is 0 Å². The maximum absolute atomic E-state index is 13.0. The van der Waals surface area contributed by atoms with Gasteiger partial charge in [0.1, 0.15) is 5.82 Å². The molecule has 0 radical (unpaired) electrons. The van der Waals surface area contributed by atoms with Crippen LogP contribution in [0.25, 0.3) is 0 Å². The lowest BCUT2D eigenvalue weighted by Gasteiger charge is -2.34. The van der Waals surface area contributed by atoms with E-state index in [4.69, 9.17) is 16.7 Å². The molecule has 3 nitrogen and oxygen atoms in total. The van der Waals surface area contributed by atoms with Gasteiger partial charge in [0.05, 0.1) is 6.42 Å². The van der Waals surface area contributed by atoms with E-state index in [9.17, 15) is 9.18 Å². The van der Waals surface area contributed by atoms with E-state index < -0.39 is 5.97 Å². The van der Waals surface area contributed by atoms with E-state index in [1.165, 1.54) is 12.1 Å². The van der Waals surface area contributed by atoms with Crippen molar-refractivity contribution in [3.63, 3.8) is 0 Å². The minimum atomic E-state index is -0.789. The van der Waals surface area contributed by atoms with Gasteiger partial charge >= 0.3 is 5.97 Å². The molecule has 1 aromatic rings. The Hall–Kier alpha value is -0.780. The van der Waals surface area contributed by atoms with Gasteiger partial charge in [-0.15, -0.1) is 0 Å². The minimum Gasteiger partial charge on any atom is -0.481 e. The fraction of sp³-hybridized carbons (Fsp3) is 0.462. The molecule has 0 saturated carbocycles. The molecule has 1 aliphatic heterocycles. The molecule has 1 aromatic carbocycles. The van der Waals surface area contributed by atoms with E-state index in [1.807, 2.05) is 0 Å². The lowest BCUT2D eigenvalue weighted by atomic mass is 10.1. The van der Waals surface area contributed by atoms with Gasteiger partial charge in [0.2, 0.25) is 0 Å². The van der Waals surface area contributed by atoms with Gasteiger partial charge in [-0.05, 0) is 17.7 Å². The molecule has 19 heavy (non-hydrogen) atoms. The standard InChI is InChI=1S/C13H15ClFNO2S/c14-12-5-10(15)2-1-9(12)7-16-3-4-19-8-11(16)6-13(17)18/h1-2,5,11H,3-4,6-8H2,(H,17,18). The molecule has 1 unspecified atom stereocenters. The summed E-state index contributed by atoms with van der Waals surface area (Å²) in [6.45, 7) is 1.40. The van der Waals surface area contributed by atoms with Crippen molar-refractivity contribution in [1.29, 1.82) is 0 Å². The zero-order valence-electron chi connectivity index (χ0n) is 10.3. The van der Waals surface area contributed by atoms with Crippen LogP contribution in [0.4, 0.5) is 4.39 Å². The van der Waals surface area contributed by atoms with E-state index >= 15 is 0 Å². The highest BCUT2D eigenvalue weighted by Gasteiger charge is 2.25. The predicted molar refractivity (Wildman–Crippen MR) is 75.2 cm³/mol. The van der Waals surface area contributed by atoms with Crippen LogP contribution < -0.4 is 0 Å². The number of rotatable bonds is 4. The van der Waals surface area contributed by atoms with E-state index in [0.29, 0.717) is 11.6 Å². The van der Waals surface area contributed by atoms with Crippen LogP contribution in [0.5, 0.6) is 0 Å². The average molecular weight is 304 g/mol. The van der Waals surface area contributed by atoms with E-state index in [2.05, 4.69) is 4.90 Å². The van der Waals surface area contributed by atoms with Gasteiger partial charge < -0.3 is 5.11 Å². The highest BCUT2D eigenvalue weighted by atomic mass is 35.5. The molecule has 0 spiro atoms. The Morgan fingerprint density at radius 1 is 1.58 bits per heavy atom. The summed E-state index contributed by atoms with van der Waals surface area (Å²) in [4.78, 5) is 13.0. The highest BCUT2D eigenvalue weighted by Crippen LogP contribution is 2.24. The summed E-state index contributed by atoms with van der Waals surface area (Å²) in [6, 6.07) is 4.35. The number of carbonyl (C=O) groups is 1. The molecule has 1 saturated heterocycles. The molecule has 1 heterocycles. The Bertz CT molecular complexity index is 472. The third-order valence-electron chi connectivity index (χ3n) is 3.15. The van der Waals surface area contributed by atoms with Crippen molar-refractivity contribution in [1.82, 2.24) is 4.90 Å². The van der Waals surface area contributed by atoms with Gasteiger partial charge in [-0.1, -0.05) is 17.7 Å². The van der Waals surface area contributed by atoms with E-state index in [-0.39, 0.29) is 18.3 Å². The molecular weight excluding hydrogens is 289 g/mol. The van der Waals surface area contributed by atoms with Crippen LogP contribution in [0, 0.1) is 5.82 Å². The molecule has 1 atom stereocenters. The Morgan fingerprint density at radius 3 is 3.05 bits per heavy atom. The van der Waals surface area contributed by atoms with Crippen LogP contribution in [-0.2, 0) is 11.3 Å². The molecule has 104 valence electrons. The number of nitrogens with zero attached hydrogens (tertiary/aromatic N) is 1. The first-order chi connectivity index (χ1) is 9.06. The average Bonchev–Trinajstić information content (AvgIpc) is 2.34. The van der Waals surface area contributed by atoms with Crippen LogP contribution in [0.3, 0.4) is 0 Å². The summed E-state index contributed by atoms with van der Waals surface area (Å²) in [5, 5.41) is 9.32. The van der Waals surface area contributed by atoms with Crippen molar-refractivity contribution >= 4 is 29.3 Å². The molecule has 0 bridgehead atoms. The van der Waals surface area contributed by atoms with Gasteiger partial charge in [-0.25, -0.2) is 4.39 Å². The molecule has 6 heteroatoms. The Labute approximate surface area is 120 Å². The molecule has 1 aliphatic rings. The third kappa shape index (κ3) is 4.09. The van der Waals surface area contributed by atoms with Crippen molar-refractivity contribution in [2.75, 3.05) is 18.1 Å². The van der Waals surface area contributed by atoms with Crippen LogP contribution in [0.15, 0.2) is 18.2 Å². The molecule has 1 N–H and O–H groups in total. The first-order valence-electron chi connectivity index (χ1n) is 6.04. The van der Waals surface area contributed by atoms with Crippen molar-refractivity contribution in [3.05, 3.63) is 34.6 Å². The first-order valence-corrected chi connectivity index (χ1v) is 7.57. The number of halogens is 2. The second-order valence-electron chi connectivity index (χ2n) is 4.53. The van der Waals surface area contributed by atoms with Crippen molar-refractivity contribution in [2.24, 2.45) is 0 Å². The van der Waals surface area contributed by atoms with Gasteiger partial charge in [0.25, 0.3) is 0 Å². The van der Waals surface area contributed by atoms with Gasteiger partial charge in [0, 0.05) is 35.7 Å². The number of thioether (sulfide) groups is 1. The lowest BCUT2D eigenvalue weighted by Crippen LogP contribution is -2.43. The molecule has 0 amide bonds. The first kappa shape index (κ1) is 14.6. The third-order valence-corrected chi connectivity index (χ3v) is 4.59. The Morgan fingerprint density at radius 2 is 2.37 bits per heavy atom. The summed E-state index contributed by atoms with van der Waals surface area (Å²) in [7, 11) is 0. The number of carboxylic acid groups (broad SMARTS) is 1. The Balaban J connectivity index is 2.08. The minimum absolute atomic E-state index is 0.0115. The SMILES string of the molecule is O=C(O)CC1CSCCN1Cc1ccc(F)cc1Cl. The summed E-state index contributed by atoms with van der Waals surface area (Å²) in [6.07, 6.45) is 0.131. The molecule has 0 aliphatic carbocycles. The number of carboxylic acids is 1. The summed E-state index contributed by atoms with van der Waals surface area (Å²) >= 11 is 7.78. The number of aliphatic carboxylic acids is 1. The van der Waals surface area contributed by atoms with Gasteiger partial charge in [-0.2, -0.15) is 11.8 Å². The zero-order chi connectivity index (χ0) is 13.8. The summed E-state index contributed by atoms with van der Waals surface area (Å²) in [5.41, 5.74) is 0.838. The quantitative estimate of drug-likeness (QED) is 0.928. The Kier molecular flexibility index (Phi) is 5.07. The monoisotopic (exact) mass is 303 g/mol. The smallest absolute Gasteiger partial charge is 0.304 e. The van der Waals surface area contributed by atoms with E-state index in [0.717, 1.165) is 23.6 Å². The predicted octanol–water partition coefficient (Wildman–Crippen LogP) is 2.87. The van der Waals surface area contributed by atoms with E-state index in [1.54, 1.807) is 17.8 Å². The second-order valence-corrected chi connectivity index (χ2v) is 6.09. The second kappa shape index (κ2) is 6.59. The fourth-order valence-electron chi connectivity index (χ4n) is 2.16. The van der Waals surface area contributed by atoms with Crippen LogP contribution >= 0.6 is 23.4 Å². The van der Waals surface area contributed by atoms with Crippen LogP contribution in [0.2, 0.25) is 5.02 Å². The van der Waals surface area contributed by atoms with Crippen LogP contribution in [0.1, 0.15) is 12.0 Å². The molecule has 0 aromatic heterocycles. The maximum Gasteiger partial charge on any atom is 0.304 e. The normalized spacial score (nSPS) is 20.4. The number of hydrogen-bond acceptors (Lipinski definition) is 3. The largest absolute Gasteiger partial charge is 0.481 e. The number of hydrogen-bond donors (Lipinski definition) is 1. The zero-order valence-corrected chi connectivity index (χ0v) is 11.9. The van der Waals surface area contributed by atoms with Crippen molar-refractivity contribution in [2.45, 2.75) is 19.0 Å². The summed E-state index contributed by atoms with van der Waals surface area (Å²) < 4.78 is 13.0. The molecule has 1 fully saturated rings.